The van der Waals surface area contributed by atoms with E-state index in [1.54, 1.807) is 0 Å². The summed E-state index contributed by atoms with van der Waals surface area (Å²) in [5, 5.41) is 22.5. The molecule has 210 valence electrons. The highest BCUT2D eigenvalue weighted by molar-refractivity contribution is 7.95. The Bertz CT molecular complexity index is 1320. The first-order chi connectivity index (χ1) is 19.3. The predicted octanol–water partition coefficient (Wildman–Crippen LogP) is 8.72. The molecule has 0 aliphatic carbocycles. The van der Waals surface area contributed by atoms with Crippen LogP contribution in [0.3, 0.4) is 0 Å². The second-order valence-corrected chi connectivity index (χ2v) is 12.5. The van der Waals surface area contributed by atoms with Crippen molar-refractivity contribution in [2.24, 2.45) is 0 Å². The van der Waals surface area contributed by atoms with Gasteiger partial charge in [0.25, 0.3) is 0 Å². The fourth-order valence-electron chi connectivity index (χ4n) is 4.11. The molecule has 0 aliphatic rings. The van der Waals surface area contributed by atoms with Gasteiger partial charge in [-0.1, -0.05) is 59.7 Å². The monoisotopic (exact) mass is 574 g/mol. The first kappa shape index (κ1) is 31.1. The van der Waals surface area contributed by atoms with E-state index in [-0.39, 0.29) is 22.6 Å². The van der Waals surface area contributed by atoms with Crippen LogP contribution in [0.4, 0.5) is 0 Å². The minimum atomic E-state index is -1.59. The molecule has 0 spiro atoms. The van der Waals surface area contributed by atoms with E-state index in [1.807, 2.05) is 86.7 Å². The van der Waals surface area contributed by atoms with Gasteiger partial charge in [-0.15, -0.1) is 13.2 Å². The summed E-state index contributed by atoms with van der Waals surface area (Å²) in [6.45, 7) is 11.4. The van der Waals surface area contributed by atoms with E-state index >= 15 is 0 Å². The summed E-state index contributed by atoms with van der Waals surface area (Å²) in [5.41, 5.74) is 2.67. The molecule has 3 aromatic rings. The zero-order chi connectivity index (χ0) is 29.1. The first-order valence-corrected chi connectivity index (χ1v) is 15.7. The van der Waals surface area contributed by atoms with Crippen molar-refractivity contribution in [1.29, 1.82) is 0 Å². The van der Waals surface area contributed by atoms with E-state index in [9.17, 15) is 18.6 Å². The number of hydrogen-bond acceptors (Lipinski definition) is 4. The first-order valence-electron chi connectivity index (χ1n) is 13.4. The van der Waals surface area contributed by atoms with Gasteiger partial charge in [0.1, 0.15) is 11.5 Å². The van der Waals surface area contributed by atoms with E-state index in [0.29, 0.717) is 32.4 Å². The Morgan fingerprint density at radius 3 is 1.32 bits per heavy atom. The summed E-state index contributed by atoms with van der Waals surface area (Å²) in [7, 11) is -3.18. The minimum absolute atomic E-state index is 0.138. The number of aromatic hydroxyl groups is 2. The molecule has 0 saturated carbocycles. The van der Waals surface area contributed by atoms with Crippen LogP contribution in [0.15, 0.2) is 108 Å². The van der Waals surface area contributed by atoms with Crippen LogP contribution in [0.25, 0.3) is 9.81 Å². The van der Waals surface area contributed by atoms with Crippen molar-refractivity contribution in [1.82, 2.24) is 0 Å². The van der Waals surface area contributed by atoms with Gasteiger partial charge in [0.15, 0.2) is 0 Å². The van der Waals surface area contributed by atoms with Crippen LogP contribution < -0.4 is 0 Å². The maximum atomic E-state index is 13.7. The molecule has 4 nitrogen and oxygen atoms in total. The van der Waals surface area contributed by atoms with Crippen molar-refractivity contribution in [3.05, 3.63) is 120 Å². The molecular weight excluding hydrogens is 537 g/mol. The fourth-order valence-corrected chi connectivity index (χ4v) is 6.65. The van der Waals surface area contributed by atoms with Crippen molar-refractivity contribution in [2.75, 3.05) is 0 Å². The van der Waals surface area contributed by atoms with Gasteiger partial charge in [0, 0.05) is 20.9 Å². The van der Waals surface area contributed by atoms with Gasteiger partial charge in [-0.3, -0.25) is 0 Å². The highest BCUT2D eigenvalue weighted by Gasteiger charge is 2.22. The molecule has 2 atom stereocenters. The number of unbranched alkanes of at least 4 members (excludes halogenated alkanes) is 4. The molecule has 0 amide bonds. The Balaban J connectivity index is 2.08. The van der Waals surface area contributed by atoms with Crippen molar-refractivity contribution < 1.29 is 18.6 Å². The van der Waals surface area contributed by atoms with Crippen LogP contribution in [-0.2, 0) is 21.6 Å². The second-order valence-electron chi connectivity index (χ2n) is 9.63. The van der Waals surface area contributed by atoms with Crippen LogP contribution >= 0.6 is 0 Å². The fraction of sp³-hybridized carbons (Fsp3) is 0.235. The highest BCUT2D eigenvalue weighted by atomic mass is 32.2. The third-order valence-electron chi connectivity index (χ3n) is 6.40. The Kier molecular flexibility index (Phi) is 11.9. The van der Waals surface area contributed by atoms with Crippen LogP contribution in [0, 0.1) is 13.8 Å². The summed E-state index contributed by atoms with van der Waals surface area (Å²) in [4.78, 5) is 2.05. The smallest absolute Gasteiger partial charge is 0.124 e. The molecule has 3 rings (SSSR count). The zero-order valence-electron chi connectivity index (χ0n) is 23.3. The number of aryl methyl sites for hydroxylation is 2. The Morgan fingerprint density at radius 2 is 1.00 bits per heavy atom. The molecule has 0 bridgehead atoms. The van der Waals surface area contributed by atoms with E-state index in [1.165, 1.54) is 12.1 Å². The van der Waals surface area contributed by atoms with Gasteiger partial charge in [-0.2, -0.15) is 0 Å². The molecule has 40 heavy (non-hydrogen) atoms. The number of phenolic OH excluding ortho intramolecular Hbond substituents is 2. The molecular formula is C34H38O4S2. The summed E-state index contributed by atoms with van der Waals surface area (Å²) in [6.07, 6.45) is 11.9. The maximum absolute atomic E-state index is 13.7. The summed E-state index contributed by atoms with van der Waals surface area (Å²) in [6, 6.07) is 17.7. The van der Waals surface area contributed by atoms with Crippen molar-refractivity contribution in [2.45, 2.75) is 62.2 Å². The topological polar surface area (TPSA) is 74.6 Å². The molecule has 6 heteroatoms. The Morgan fingerprint density at radius 1 is 0.650 bits per heavy atom. The summed E-state index contributed by atoms with van der Waals surface area (Å²) in [5.74, 6) is -0.276. The van der Waals surface area contributed by atoms with E-state index in [2.05, 4.69) is 13.2 Å². The number of rotatable bonds is 14. The van der Waals surface area contributed by atoms with Crippen molar-refractivity contribution >= 4 is 31.4 Å². The SMILES string of the molecule is C=CCCC/C=C(\c1cc(O)c(/C(=C\CCCC=C)S(=O)c2ccc(C)cc2)cc1O)S(=O)c1ccc(C)cc1. The molecule has 2 N–H and O–H groups in total. The normalized spacial score (nSPS) is 13.6. The van der Waals surface area contributed by atoms with Gasteiger partial charge in [0.05, 0.1) is 31.4 Å². The van der Waals surface area contributed by atoms with Gasteiger partial charge < -0.3 is 10.2 Å². The van der Waals surface area contributed by atoms with Crippen molar-refractivity contribution in [3.8, 4) is 11.5 Å². The van der Waals surface area contributed by atoms with Crippen LogP contribution in [-0.4, -0.2) is 18.6 Å². The Labute approximate surface area is 243 Å². The number of allylic oxidation sites excluding steroid dienone is 4. The standard InChI is InChI=1S/C34H38O4S2/c1-5-7-9-11-13-33(39(37)27-19-15-25(3)16-20-27)29-23-32(36)30(24-31(29)35)34(14-12-10-8-6-2)40(38)28-21-17-26(4)18-22-28/h5-6,13-24,35-36H,1-2,7-12H2,3-4H3/b33-13+,34-14+. The molecule has 0 saturated heterocycles. The van der Waals surface area contributed by atoms with Crippen LogP contribution in [0.2, 0.25) is 0 Å². The van der Waals surface area contributed by atoms with Crippen LogP contribution in [0.5, 0.6) is 11.5 Å². The average Bonchev–Trinajstić information content (AvgIpc) is 2.95. The lowest BCUT2D eigenvalue weighted by Gasteiger charge is -2.16. The minimum Gasteiger partial charge on any atom is -0.507 e. The third-order valence-corrected chi connectivity index (χ3v) is 9.37. The Hall–Kier alpha value is -3.48. The lowest BCUT2D eigenvalue weighted by Crippen LogP contribution is -2.01. The lowest BCUT2D eigenvalue weighted by molar-refractivity contribution is 0.458. The molecule has 0 heterocycles. The molecule has 3 aromatic carbocycles. The quantitative estimate of drug-likeness (QED) is 0.115. The van der Waals surface area contributed by atoms with Crippen LogP contribution in [0.1, 0.15) is 60.8 Å². The predicted molar refractivity (Wildman–Crippen MR) is 169 cm³/mol. The van der Waals surface area contributed by atoms with Crippen molar-refractivity contribution in [3.63, 3.8) is 0 Å². The number of hydrogen-bond donors (Lipinski definition) is 2. The van der Waals surface area contributed by atoms with Gasteiger partial charge >= 0.3 is 0 Å². The van der Waals surface area contributed by atoms with Gasteiger partial charge in [-0.25, -0.2) is 8.42 Å². The average molecular weight is 575 g/mol. The van der Waals surface area contributed by atoms with Gasteiger partial charge in [0.2, 0.25) is 0 Å². The number of benzene rings is 3. The van der Waals surface area contributed by atoms with Gasteiger partial charge in [-0.05, 0) is 88.8 Å². The molecule has 2 unspecified atom stereocenters. The molecule has 0 fully saturated rings. The number of phenols is 2. The lowest BCUT2D eigenvalue weighted by atomic mass is 10.1. The maximum Gasteiger partial charge on any atom is 0.124 e. The zero-order valence-corrected chi connectivity index (χ0v) is 24.9. The van der Waals surface area contributed by atoms with E-state index in [4.69, 9.17) is 0 Å². The second kappa shape index (κ2) is 15.3. The molecule has 0 aromatic heterocycles. The van der Waals surface area contributed by atoms with E-state index in [0.717, 1.165) is 36.8 Å². The summed E-state index contributed by atoms with van der Waals surface area (Å²) < 4.78 is 27.4. The third kappa shape index (κ3) is 8.26. The van der Waals surface area contributed by atoms with E-state index < -0.39 is 21.6 Å². The highest BCUT2D eigenvalue weighted by Crippen LogP contribution is 2.40. The summed E-state index contributed by atoms with van der Waals surface area (Å²) >= 11 is 0. The molecule has 0 radical (unpaired) electrons. The molecule has 0 aliphatic heterocycles. The largest absolute Gasteiger partial charge is 0.507 e.